The van der Waals surface area contributed by atoms with Gasteiger partial charge in [-0.1, -0.05) is 0 Å². The van der Waals surface area contributed by atoms with Crippen LogP contribution in [0.4, 0.5) is 18.9 Å². The molecule has 0 saturated heterocycles. The molecule has 0 spiro atoms. The second kappa shape index (κ2) is 10.5. The van der Waals surface area contributed by atoms with Crippen LogP contribution in [0.5, 0.6) is 5.75 Å². The minimum absolute atomic E-state index is 0.116. The lowest BCUT2D eigenvalue weighted by molar-refractivity contribution is -0.274. The molecule has 1 rings (SSSR count). The summed E-state index contributed by atoms with van der Waals surface area (Å²) in [5, 5.41) is 7.59. The van der Waals surface area contributed by atoms with Crippen molar-refractivity contribution in [2.24, 2.45) is 0 Å². The third-order valence-corrected chi connectivity index (χ3v) is 3.32. The first kappa shape index (κ1) is 23.2. The van der Waals surface area contributed by atoms with Crippen LogP contribution in [-0.4, -0.2) is 61.7 Å². The number of carbonyl (C=O) groups is 3. The maximum atomic E-state index is 12.1. The molecule has 0 fully saturated rings. The van der Waals surface area contributed by atoms with E-state index in [1.165, 1.54) is 24.1 Å². The third-order valence-electron chi connectivity index (χ3n) is 3.32. The number of ether oxygens (including phenoxy) is 1. The molecule has 0 bridgehead atoms. The molecule has 8 nitrogen and oxygen atoms in total. The van der Waals surface area contributed by atoms with Gasteiger partial charge in [-0.2, -0.15) is 0 Å². The van der Waals surface area contributed by atoms with Gasteiger partial charge in [0.25, 0.3) is 0 Å². The zero-order valence-corrected chi connectivity index (χ0v) is 15.7. The van der Waals surface area contributed by atoms with Crippen molar-refractivity contribution in [1.29, 1.82) is 0 Å². The van der Waals surface area contributed by atoms with E-state index in [4.69, 9.17) is 0 Å². The fourth-order valence-electron chi connectivity index (χ4n) is 2.17. The Balaban J connectivity index is 2.43. The van der Waals surface area contributed by atoms with Crippen LogP contribution < -0.4 is 20.7 Å². The van der Waals surface area contributed by atoms with Crippen LogP contribution in [0.2, 0.25) is 0 Å². The van der Waals surface area contributed by atoms with E-state index in [1.807, 2.05) is 0 Å². The summed E-state index contributed by atoms with van der Waals surface area (Å²) < 4.78 is 40.1. The van der Waals surface area contributed by atoms with Crippen molar-refractivity contribution >= 4 is 23.4 Å². The molecule has 0 heterocycles. The molecule has 1 aromatic carbocycles. The second-order valence-corrected chi connectivity index (χ2v) is 5.98. The standard InChI is InChI=1S/C17H23F3N4O4/c1-4-21-16(27)11(2)22-14(25)9-24(3)10-15(26)23-12-5-7-13(8-6-12)28-17(18,19)20/h5-8,11H,4,9-10H2,1-3H3,(H,21,27)(H,22,25)(H,23,26)/t11-/m0/s1. The third kappa shape index (κ3) is 9.21. The topological polar surface area (TPSA) is 99.8 Å². The van der Waals surface area contributed by atoms with Gasteiger partial charge < -0.3 is 20.7 Å². The Morgan fingerprint density at radius 1 is 1.11 bits per heavy atom. The molecular weight excluding hydrogens is 381 g/mol. The van der Waals surface area contributed by atoms with E-state index < -0.39 is 30.0 Å². The van der Waals surface area contributed by atoms with Crippen LogP contribution in [0, 0.1) is 0 Å². The summed E-state index contributed by atoms with van der Waals surface area (Å²) >= 11 is 0. The van der Waals surface area contributed by atoms with Crippen molar-refractivity contribution in [3.05, 3.63) is 24.3 Å². The summed E-state index contributed by atoms with van der Waals surface area (Å²) in [6.45, 7) is 3.50. The van der Waals surface area contributed by atoms with Crippen molar-refractivity contribution in [2.75, 3.05) is 32.0 Å². The van der Waals surface area contributed by atoms with Gasteiger partial charge in [-0.15, -0.1) is 13.2 Å². The van der Waals surface area contributed by atoms with E-state index in [1.54, 1.807) is 13.8 Å². The van der Waals surface area contributed by atoms with Gasteiger partial charge in [-0.05, 0) is 45.2 Å². The Hall–Kier alpha value is -2.82. The van der Waals surface area contributed by atoms with Crippen LogP contribution in [0.1, 0.15) is 13.8 Å². The molecule has 0 radical (unpaired) electrons. The first-order chi connectivity index (χ1) is 13.0. The number of benzene rings is 1. The highest BCUT2D eigenvalue weighted by Gasteiger charge is 2.31. The van der Waals surface area contributed by atoms with Crippen LogP contribution in [0.15, 0.2) is 24.3 Å². The van der Waals surface area contributed by atoms with Crippen LogP contribution in [-0.2, 0) is 14.4 Å². The van der Waals surface area contributed by atoms with E-state index in [0.717, 1.165) is 12.1 Å². The number of halogens is 3. The SMILES string of the molecule is CCNC(=O)[C@H](C)NC(=O)CN(C)CC(=O)Nc1ccc(OC(F)(F)F)cc1. The molecular formula is C17H23F3N4O4. The van der Waals surface area contributed by atoms with Gasteiger partial charge in [0.2, 0.25) is 17.7 Å². The predicted octanol–water partition coefficient (Wildman–Crippen LogP) is 1.10. The summed E-state index contributed by atoms with van der Waals surface area (Å²) in [6, 6.07) is 3.97. The number of hydrogen-bond acceptors (Lipinski definition) is 5. The van der Waals surface area contributed by atoms with Gasteiger partial charge in [0.1, 0.15) is 11.8 Å². The number of carbonyl (C=O) groups excluding carboxylic acids is 3. The molecule has 0 aliphatic carbocycles. The number of nitrogens with one attached hydrogen (secondary N) is 3. The van der Waals surface area contributed by atoms with Gasteiger partial charge in [0.05, 0.1) is 13.1 Å². The molecule has 3 amide bonds. The molecule has 0 unspecified atom stereocenters. The molecule has 11 heteroatoms. The smallest absolute Gasteiger partial charge is 0.406 e. The predicted molar refractivity (Wildman–Crippen MR) is 95.5 cm³/mol. The number of amides is 3. The summed E-state index contributed by atoms with van der Waals surface area (Å²) in [5.74, 6) is -1.60. The summed E-state index contributed by atoms with van der Waals surface area (Å²) in [6.07, 6.45) is -4.79. The highest BCUT2D eigenvalue weighted by molar-refractivity contribution is 5.93. The molecule has 28 heavy (non-hydrogen) atoms. The maximum absolute atomic E-state index is 12.1. The van der Waals surface area contributed by atoms with Crippen LogP contribution in [0.25, 0.3) is 0 Å². The fourth-order valence-corrected chi connectivity index (χ4v) is 2.17. The van der Waals surface area contributed by atoms with Gasteiger partial charge in [-0.3, -0.25) is 19.3 Å². The number of hydrogen-bond donors (Lipinski definition) is 3. The van der Waals surface area contributed by atoms with E-state index in [0.29, 0.717) is 6.54 Å². The summed E-state index contributed by atoms with van der Waals surface area (Å²) in [5.41, 5.74) is 0.280. The first-order valence-electron chi connectivity index (χ1n) is 8.41. The normalized spacial score (nSPS) is 12.2. The lowest BCUT2D eigenvalue weighted by Gasteiger charge is -2.18. The highest BCUT2D eigenvalue weighted by atomic mass is 19.4. The minimum Gasteiger partial charge on any atom is -0.406 e. The molecule has 0 saturated carbocycles. The molecule has 1 aromatic rings. The maximum Gasteiger partial charge on any atom is 0.573 e. The number of alkyl halides is 3. The lowest BCUT2D eigenvalue weighted by atomic mass is 10.3. The Kier molecular flexibility index (Phi) is 8.71. The zero-order chi connectivity index (χ0) is 21.3. The lowest BCUT2D eigenvalue weighted by Crippen LogP contribution is -2.48. The summed E-state index contributed by atoms with van der Waals surface area (Å²) in [7, 11) is 1.54. The van der Waals surface area contributed by atoms with Crippen molar-refractivity contribution < 1.29 is 32.3 Å². The van der Waals surface area contributed by atoms with E-state index in [9.17, 15) is 27.6 Å². The monoisotopic (exact) mass is 404 g/mol. The van der Waals surface area contributed by atoms with Gasteiger partial charge in [0.15, 0.2) is 0 Å². The Labute approximate surface area is 160 Å². The van der Waals surface area contributed by atoms with E-state index in [2.05, 4.69) is 20.7 Å². The first-order valence-corrected chi connectivity index (χ1v) is 8.41. The summed E-state index contributed by atoms with van der Waals surface area (Å²) in [4.78, 5) is 36.9. The highest BCUT2D eigenvalue weighted by Crippen LogP contribution is 2.23. The van der Waals surface area contributed by atoms with E-state index >= 15 is 0 Å². The molecule has 1 atom stereocenters. The van der Waals surface area contributed by atoms with Crippen molar-refractivity contribution in [3.63, 3.8) is 0 Å². The van der Waals surface area contributed by atoms with Gasteiger partial charge in [0, 0.05) is 12.2 Å². The molecule has 156 valence electrons. The Morgan fingerprint density at radius 2 is 1.68 bits per heavy atom. The van der Waals surface area contributed by atoms with Gasteiger partial charge >= 0.3 is 6.36 Å². The zero-order valence-electron chi connectivity index (χ0n) is 15.7. The second-order valence-electron chi connectivity index (χ2n) is 5.98. The minimum atomic E-state index is -4.79. The molecule has 3 N–H and O–H groups in total. The van der Waals surface area contributed by atoms with Crippen molar-refractivity contribution in [2.45, 2.75) is 26.3 Å². The number of nitrogens with zero attached hydrogens (tertiary/aromatic N) is 1. The number of anilines is 1. The largest absolute Gasteiger partial charge is 0.573 e. The van der Waals surface area contributed by atoms with Crippen molar-refractivity contribution in [3.8, 4) is 5.75 Å². The Morgan fingerprint density at radius 3 is 2.21 bits per heavy atom. The molecule has 0 aromatic heterocycles. The van der Waals surface area contributed by atoms with Crippen molar-refractivity contribution in [1.82, 2.24) is 15.5 Å². The average molecular weight is 404 g/mol. The Bertz CT molecular complexity index is 680. The van der Waals surface area contributed by atoms with Crippen LogP contribution >= 0.6 is 0 Å². The quantitative estimate of drug-likeness (QED) is 0.572. The number of likely N-dealkylation sites (N-methyl/N-ethyl adjacent to an activating group) is 2. The van der Waals surface area contributed by atoms with E-state index in [-0.39, 0.29) is 24.7 Å². The molecule has 0 aliphatic rings. The van der Waals surface area contributed by atoms with Gasteiger partial charge in [-0.25, -0.2) is 0 Å². The number of rotatable bonds is 9. The van der Waals surface area contributed by atoms with Crippen LogP contribution in [0.3, 0.4) is 0 Å². The average Bonchev–Trinajstić information content (AvgIpc) is 2.55. The molecule has 0 aliphatic heterocycles. The fraction of sp³-hybridized carbons (Fsp3) is 0.471.